The maximum atomic E-state index is 4.96. The van der Waals surface area contributed by atoms with Crippen LogP contribution in [-0.4, -0.2) is 4.98 Å². The Morgan fingerprint density at radius 3 is 2.21 bits per heavy atom. The van der Waals surface area contributed by atoms with Gasteiger partial charge in [0.1, 0.15) is 0 Å². The Balaban J connectivity index is 1.90. The number of aromatic nitrogens is 1. The zero-order valence-corrected chi connectivity index (χ0v) is 14.7. The average molecular weight is 374 g/mol. The van der Waals surface area contributed by atoms with Gasteiger partial charge in [0.15, 0.2) is 0 Å². The van der Waals surface area contributed by atoms with Gasteiger partial charge in [0.05, 0.1) is 11.2 Å². The number of nitrogens with zero attached hydrogens (tertiary/aromatic N) is 1. The molecule has 1 aromatic heterocycles. The van der Waals surface area contributed by atoms with E-state index >= 15 is 0 Å². The SMILES string of the molecule is Brc1ccc2nc(-c3ccccc3)c(Cc3ccccc3)cc2c1. The Morgan fingerprint density at radius 2 is 1.46 bits per heavy atom. The van der Waals surface area contributed by atoms with Crippen molar-refractivity contribution in [2.24, 2.45) is 0 Å². The van der Waals surface area contributed by atoms with E-state index in [1.54, 1.807) is 0 Å². The maximum Gasteiger partial charge on any atom is 0.0745 e. The molecular weight excluding hydrogens is 358 g/mol. The second-order valence-corrected chi connectivity index (χ2v) is 6.78. The predicted molar refractivity (Wildman–Crippen MR) is 104 cm³/mol. The van der Waals surface area contributed by atoms with Crippen molar-refractivity contribution >= 4 is 26.8 Å². The highest BCUT2D eigenvalue weighted by molar-refractivity contribution is 9.10. The molecule has 1 nitrogen and oxygen atoms in total. The summed E-state index contributed by atoms with van der Waals surface area (Å²) in [5, 5.41) is 1.16. The normalized spacial score (nSPS) is 10.9. The molecule has 3 aromatic carbocycles. The number of rotatable bonds is 3. The maximum absolute atomic E-state index is 4.96. The van der Waals surface area contributed by atoms with Gasteiger partial charge >= 0.3 is 0 Å². The molecule has 0 spiro atoms. The summed E-state index contributed by atoms with van der Waals surface area (Å²) in [4.78, 5) is 4.96. The molecule has 0 aliphatic rings. The Labute approximate surface area is 150 Å². The van der Waals surface area contributed by atoms with Crippen molar-refractivity contribution in [3.63, 3.8) is 0 Å². The second-order valence-electron chi connectivity index (χ2n) is 5.86. The minimum Gasteiger partial charge on any atom is -0.247 e. The Kier molecular flexibility index (Phi) is 4.14. The van der Waals surface area contributed by atoms with E-state index in [1.165, 1.54) is 11.1 Å². The summed E-state index contributed by atoms with van der Waals surface area (Å²) in [5.74, 6) is 0. The van der Waals surface area contributed by atoms with Gasteiger partial charge in [-0.25, -0.2) is 4.98 Å². The minimum absolute atomic E-state index is 0.876. The quantitative estimate of drug-likeness (QED) is 0.413. The molecule has 0 fully saturated rings. The molecule has 0 amide bonds. The van der Waals surface area contributed by atoms with Crippen LogP contribution in [0.5, 0.6) is 0 Å². The minimum atomic E-state index is 0.876. The Morgan fingerprint density at radius 1 is 0.750 bits per heavy atom. The smallest absolute Gasteiger partial charge is 0.0745 e. The van der Waals surface area contributed by atoms with Gasteiger partial charge in [0, 0.05) is 15.4 Å². The molecular formula is C22H16BrN. The monoisotopic (exact) mass is 373 g/mol. The number of pyridine rings is 1. The van der Waals surface area contributed by atoms with Crippen LogP contribution in [0.1, 0.15) is 11.1 Å². The third-order valence-electron chi connectivity index (χ3n) is 4.14. The zero-order chi connectivity index (χ0) is 16.4. The van der Waals surface area contributed by atoms with Gasteiger partial charge in [0.25, 0.3) is 0 Å². The molecule has 0 bridgehead atoms. The van der Waals surface area contributed by atoms with Gasteiger partial charge in [-0.1, -0.05) is 76.6 Å². The molecule has 1 heterocycles. The van der Waals surface area contributed by atoms with Crippen molar-refractivity contribution in [1.82, 2.24) is 4.98 Å². The second kappa shape index (κ2) is 6.58. The van der Waals surface area contributed by atoms with Gasteiger partial charge in [-0.3, -0.25) is 0 Å². The topological polar surface area (TPSA) is 12.9 Å². The van der Waals surface area contributed by atoms with E-state index in [-0.39, 0.29) is 0 Å². The molecule has 4 aromatic rings. The van der Waals surface area contributed by atoms with Crippen molar-refractivity contribution in [1.29, 1.82) is 0 Å². The van der Waals surface area contributed by atoms with Crippen LogP contribution in [0.15, 0.2) is 89.4 Å². The molecule has 2 heteroatoms. The fourth-order valence-corrected chi connectivity index (χ4v) is 3.37. The molecule has 0 aliphatic carbocycles. The van der Waals surface area contributed by atoms with E-state index in [4.69, 9.17) is 4.98 Å². The van der Waals surface area contributed by atoms with Crippen molar-refractivity contribution < 1.29 is 0 Å². The first kappa shape index (κ1) is 15.1. The lowest BCUT2D eigenvalue weighted by Gasteiger charge is -2.12. The first-order valence-electron chi connectivity index (χ1n) is 7.98. The highest BCUT2D eigenvalue weighted by Gasteiger charge is 2.10. The molecule has 0 saturated carbocycles. The van der Waals surface area contributed by atoms with Crippen LogP contribution < -0.4 is 0 Å². The lowest BCUT2D eigenvalue weighted by atomic mass is 9.97. The molecule has 0 radical (unpaired) electrons. The molecule has 4 rings (SSSR count). The van der Waals surface area contributed by atoms with Crippen LogP contribution >= 0.6 is 15.9 Å². The van der Waals surface area contributed by atoms with Crippen molar-refractivity contribution in [2.75, 3.05) is 0 Å². The van der Waals surface area contributed by atoms with E-state index in [0.717, 1.165) is 33.1 Å². The third kappa shape index (κ3) is 3.10. The van der Waals surface area contributed by atoms with Crippen LogP contribution in [0, 0.1) is 0 Å². The summed E-state index contributed by atoms with van der Waals surface area (Å²) in [6, 6.07) is 29.5. The summed E-state index contributed by atoms with van der Waals surface area (Å²) in [6.45, 7) is 0. The largest absolute Gasteiger partial charge is 0.247 e. The lowest BCUT2D eigenvalue weighted by Crippen LogP contribution is -1.96. The highest BCUT2D eigenvalue weighted by Crippen LogP contribution is 2.29. The molecule has 0 atom stereocenters. The number of fused-ring (bicyclic) bond motifs is 1. The number of hydrogen-bond donors (Lipinski definition) is 0. The summed E-state index contributed by atoms with van der Waals surface area (Å²) in [6.07, 6.45) is 0.876. The average Bonchev–Trinajstić information content (AvgIpc) is 2.63. The van der Waals surface area contributed by atoms with Crippen LogP contribution in [0.2, 0.25) is 0 Å². The van der Waals surface area contributed by atoms with Gasteiger partial charge in [-0.15, -0.1) is 0 Å². The lowest BCUT2D eigenvalue weighted by molar-refractivity contribution is 1.17. The summed E-state index contributed by atoms with van der Waals surface area (Å²) < 4.78 is 1.08. The molecule has 0 saturated heterocycles. The first-order valence-corrected chi connectivity index (χ1v) is 8.77. The van der Waals surface area contributed by atoms with Crippen molar-refractivity contribution in [3.8, 4) is 11.3 Å². The third-order valence-corrected chi connectivity index (χ3v) is 4.63. The highest BCUT2D eigenvalue weighted by atomic mass is 79.9. The fourth-order valence-electron chi connectivity index (χ4n) is 2.99. The van der Waals surface area contributed by atoms with Crippen LogP contribution in [0.25, 0.3) is 22.2 Å². The first-order chi connectivity index (χ1) is 11.8. The molecule has 0 aliphatic heterocycles. The standard InChI is InChI=1S/C22H16BrN/c23-20-11-12-21-18(15-20)14-19(13-16-7-3-1-4-8-16)22(24-21)17-9-5-2-6-10-17/h1-12,14-15H,13H2. The Hall–Kier alpha value is -2.45. The van der Waals surface area contributed by atoms with Crippen LogP contribution in [-0.2, 0) is 6.42 Å². The van der Waals surface area contributed by atoms with E-state index < -0.39 is 0 Å². The van der Waals surface area contributed by atoms with E-state index in [9.17, 15) is 0 Å². The fraction of sp³-hybridized carbons (Fsp3) is 0.0455. The van der Waals surface area contributed by atoms with Gasteiger partial charge in [-0.05, 0) is 41.8 Å². The Bertz CT molecular complexity index is 979. The van der Waals surface area contributed by atoms with E-state index in [2.05, 4.69) is 88.7 Å². The number of benzene rings is 3. The van der Waals surface area contributed by atoms with E-state index in [1.807, 2.05) is 12.1 Å². The van der Waals surface area contributed by atoms with E-state index in [0.29, 0.717) is 0 Å². The summed E-state index contributed by atoms with van der Waals surface area (Å²) in [5.41, 5.74) is 5.79. The molecule has 0 N–H and O–H groups in total. The molecule has 0 unspecified atom stereocenters. The summed E-state index contributed by atoms with van der Waals surface area (Å²) in [7, 11) is 0. The van der Waals surface area contributed by atoms with Gasteiger partial charge < -0.3 is 0 Å². The van der Waals surface area contributed by atoms with Crippen LogP contribution in [0.3, 0.4) is 0 Å². The van der Waals surface area contributed by atoms with Gasteiger partial charge in [-0.2, -0.15) is 0 Å². The molecule has 116 valence electrons. The van der Waals surface area contributed by atoms with Crippen molar-refractivity contribution in [3.05, 3.63) is 101 Å². The van der Waals surface area contributed by atoms with Crippen molar-refractivity contribution in [2.45, 2.75) is 6.42 Å². The zero-order valence-electron chi connectivity index (χ0n) is 13.1. The number of hydrogen-bond acceptors (Lipinski definition) is 1. The van der Waals surface area contributed by atoms with Gasteiger partial charge in [0.2, 0.25) is 0 Å². The summed E-state index contributed by atoms with van der Waals surface area (Å²) >= 11 is 3.56. The number of halogens is 1. The van der Waals surface area contributed by atoms with Crippen LogP contribution in [0.4, 0.5) is 0 Å². The molecule has 24 heavy (non-hydrogen) atoms. The predicted octanol–water partition coefficient (Wildman–Crippen LogP) is 6.26.